The zero-order chi connectivity index (χ0) is 17.8. The van der Waals surface area contributed by atoms with Crippen molar-refractivity contribution in [1.29, 1.82) is 0 Å². The fourth-order valence-electron chi connectivity index (χ4n) is 2.42. The van der Waals surface area contributed by atoms with Gasteiger partial charge in [-0.25, -0.2) is 4.98 Å². The Bertz CT molecular complexity index is 742. The van der Waals surface area contributed by atoms with Gasteiger partial charge in [-0.15, -0.1) is 0 Å². The summed E-state index contributed by atoms with van der Waals surface area (Å²) < 4.78 is 16.1. The lowest BCUT2D eigenvalue weighted by atomic mass is 10.2. The van der Waals surface area contributed by atoms with E-state index in [9.17, 15) is 4.79 Å². The van der Waals surface area contributed by atoms with Crippen LogP contribution in [-0.4, -0.2) is 38.8 Å². The van der Waals surface area contributed by atoms with Gasteiger partial charge in [0, 0.05) is 31.1 Å². The van der Waals surface area contributed by atoms with Crippen LogP contribution in [0, 0.1) is 5.92 Å². The number of rotatable bonds is 7. The van der Waals surface area contributed by atoms with E-state index < -0.39 is 0 Å². The molecule has 25 heavy (non-hydrogen) atoms. The average Bonchev–Trinajstić information content (AvgIpc) is 3.49. The smallest absolute Gasteiger partial charge is 0.259 e. The standard InChI is InChI=1S/C19H22N2O4/c1-21(15-7-8-16(23-2)17(10-15)24-3)19(22)14-6-9-18(20-11-14)25-12-13-4-5-13/h6-11,13H,4-5,12H2,1-3H3. The molecule has 1 saturated carbocycles. The zero-order valence-electron chi connectivity index (χ0n) is 14.7. The molecule has 0 spiro atoms. The Kier molecular flexibility index (Phi) is 5.07. The van der Waals surface area contributed by atoms with Crippen molar-refractivity contribution in [2.45, 2.75) is 12.8 Å². The van der Waals surface area contributed by atoms with Crippen LogP contribution in [0.15, 0.2) is 36.5 Å². The van der Waals surface area contributed by atoms with Crippen LogP contribution in [0.4, 0.5) is 5.69 Å². The van der Waals surface area contributed by atoms with Crippen LogP contribution < -0.4 is 19.1 Å². The van der Waals surface area contributed by atoms with Gasteiger partial charge in [0.2, 0.25) is 5.88 Å². The van der Waals surface area contributed by atoms with Gasteiger partial charge in [0.1, 0.15) is 0 Å². The van der Waals surface area contributed by atoms with Crippen LogP contribution in [0.1, 0.15) is 23.2 Å². The second-order valence-electron chi connectivity index (χ2n) is 6.04. The minimum absolute atomic E-state index is 0.159. The summed E-state index contributed by atoms with van der Waals surface area (Å²) in [5.74, 6) is 2.25. The molecular formula is C19H22N2O4. The first-order valence-electron chi connectivity index (χ1n) is 8.21. The number of methoxy groups -OCH3 is 2. The number of benzene rings is 1. The van der Waals surface area contributed by atoms with Crippen molar-refractivity contribution < 1.29 is 19.0 Å². The van der Waals surface area contributed by atoms with E-state index in [4.69, 9.17) is 14.2 Å². The van der Waals surface area contributed by atoms with Gasteiger partial charge in [-0.3, -0.25) is 4.79 Å². The monoisotopic (exact) mass is 342 g/mol. The van der Waals surface area contributed by atoms with Crippen molar-refractivity contribution in [2.75, 3.05) is 32.8 Å². The molecule has 0 radical (unpaired) electrons. The Morgan fingerprint density at radius 2 is 1.92 bits per heavy atom. The van der Waals surface area contributed by atoms with Crippen LogP contribution in [0.2, 0.25) is 0 Å². The highest BCUT2D eigenvalue weighted by molar-refractivity contribution is 6.05. The zero-order valence-corrected chi connectivity index (χ0v) is 14.7. The first kappa shape index (κ1) is 17.1. The first-order chi connectivity index (χ1) is 12.1. The molecule has 0 saturated heterocycles. The number of carbonyl (C=O) groups is 1. The van der Waals surface area contributed by atoms with Gasteiger partial charge < -0.3 is 19.1 Å². The second kappa shape index (κ2) is 7.42. The number of hydrogen-bond donors (Lipinski definition) is 0. The molecule has 3 rings (SSSR count). The number of hydrogen-bond acceptors (Lipinski definition) is 5. The summed E-state index contributed by atoms with van der Waals surface area (Å²) in [7, 11) is 4.85. The molecule has 6 nitrogen and oxygen atoms in total. The third kappa shape index (κ3) is 4.02. The van der Waals surface area contributed by atoms with E-state index in [0.29, 0.717) is 41.2 Å². The molecule has 1 aliphatic rings. The van der Waals surface area contributed by atoms with Crippen LogP contribution in [-0.2, 0) is 0 Å². The Balaban J connectivity index is 1.70. The fraction of sp³-hybridized carbons (Fsp3) is 0.368. The van der Waals surface area contributed by atoms with Gasteiger partial charge in [0.25, 0.3) is 5.91 Å². The minimum atomic E-state index is -0.159. The van der Waals surface area contributed by atoms with E-state index >= 15 is 0 Å². The van der Waals surface area contributed by atoms with Crippen molar-refractivity contribution in [2.24, 2.45) is 5.92 Å². The van der Waals surface area contributed by atoms with E-state index in [-0.39, 0.29) is 5.91 Å². The topological polar surface area (TPSA) is 60.9 Å². The summed E-state index contributed by atoms with van der Waals surface area (Å²) >= 11 is 0. The molecule has 1 amide bonds. The molecule has 6 heteroatoms. The maximum atomic E-state index is 12.7. The number of ether oxygens (including phenoxy) is 3. The molecule has 0 N–H and O–H groups in total. The number of pyridine rings is 1. The molecule has 1 aromatic carbocycles. The SMILES string of the molecule is COc1ccc(N(C)C(=O)c2ccc(OCC3CC3)nc2)cc1OC. The van der Waals surface area contributed by atoms with Crippen LogP contribution in [0.25, 0.3) is 0 Å². The Morgan fingerprint density at radius 1 is 1.16 bits per heavy atom. The molecule has 0 aliphatic heterocycles. The van der Waals surface area contributed by atoms with Gasteiger partial charge in [-0.1, -0.05) is 0 Å². The Labute approximate surface area is 147 Å². The third-order valence-corrected chi connectivity index (χ3v) is 4.21. The lowest BCUT2D eigenvalue weighted by Crippen LogP contribution is -2.26. The Morgan fingerprint density at radius 3 is 2.52 bits per heavy atom. The van der Waals surface area contributed by atoms with Crippen molar-refractivity contribution in [3.8, 4) is 17.4 Å². The number of amides is 1. The average molecular weight is 342 g/mol. The predicted octanol–water partition coefficient (Wildman–Crippen LogP) is 3.16. The van der Waals surface area contributed by atoms with Crippen molar-refractivity contribution >= 4 is 11.6 Å². The van der Waals surface area contributed by atoms with Crippen molar-refractivity contribution in [1.82, 2.24) is 4.98 Å². The molecule has 1 heterocycles. The van der Waals surface area contributed by atoms with Gasteiger partial charge >= 0.3 is 0 Å². The molecule has 132 valence electrons. The van der Waals surface area contributed by atoms with E-state index in [0.717, 1.165) is 0 Å². The molecule has 2 aromatic rings. The molecule has 1 aliphatic carbocycles. The summed E-state index contributed by atoms with van der Waals surface area (Å²) in [5, 5.41) is 0. The van der Waals surface area contributed by atoms with E-state index in [1.54, 1.807) is 62.7 Å². The van der Waals surface area contributed by atoms with Gasteiger partial charge in [0.15, 0.2) is 11.5 Å². The largest absolute Gasteiger partial charge is 0.493 e. The lowest BCUT2D eigenvalue weighted by molar-refractivity contribution is 0.0992. The number of aromatic nitrogens is 1. The van der Waals surface area contributed by atoms with E-state index in [1.165, 1.54) is 12.8 Å². The van der Waals surface area contributed by atoms with Crippen LogP contribution >= 0.6 is 0 Å². The maximum absolute atomic E-state index is 12.7. The number of nitrogens with zero attached hydrogens (tertiary/aromatic N) is 2. The minimum Gasteiger partial charge on any atom is -0.493 e. The lowest BCUT2D eigenvalue weighted by Gasteiger charge is -2.19. The summed E-state index contributed by atoms with van der Waals surface area (Å²) in [5.41, 5.74) is 1.20. The highest BCUT2D eigenvalue weighted by Crippen LogP contribution is 2.32. The molecule has 0 unspecified atom stereocenters. The Hall–Kier alpha value is -2.76. The first-order valence-corrected chi connectivity index (χ1v) is 8.21. The molecule has 1 fully saturated rings. The van der Waals surface area contributed by atoms with E-state index in [1.807, 2.05) is 0 Å². The molecular weight excluding hydrogens is 320 g/mol. The molecule has 0 bridgehead atoms. The highest BCUT2D eigenvalue weighted by Gasteiger charge is 2.22. The van der Waals surface area contributed by atoms with Crippen molar-refractivity contribution in [3.63, 3.8) is 0 Å². The second-order valence-corrected chi connectivity index (χ2v) is 6.04. The van der Waals surface area contributed by atoms with Crippen molar-refractivity contribution in [3.05, 3.63) is 42.1 Å². The van der Waals surface area contributed by atoms with E-state index in [2.05, 4.69) is 4.98 Å². The van der Waals surface area contributed by atoms with Gasteiger partial charge in [-0.05, 0) is 37.0 Å². The number of anilines is 1. The summed E-state index contributed by atoms with van der Waals surface area (Å²) in [6, 6.07) is 8.80. The summed E-state index contributed by atoms with van der Waals surface area (Å²) in [6.07, 6.45) is 4.00. The predicted molar refractivity (Wildman–Crippen MR) is 94.7 cm³/mol. The van der Waals surface area contributed by atoms with Gasteiger partial charge in [0.05, 0.1) is 26.4 Å². The maximum Gasteiger partial charge on any atom is 0.259 e. The highest BCUT2D eigenvalue weighted by atomic mass is 16.5. The molecule has 1 aromatic heterocycles. The fourth-order valence-corrected chi connectivity index (χ4v) is 2.42. The third-order valence-electron chi connectivity index (χ3n) is 4.21. The molecule has 0 atom stereocenters. The van der Waals surface area contributed by atoms with Gasteiger partial charge in [-0.2, -0.15) is 0 Å². The van der Waals surface area contributed by atoms with Crippen LogP contribution in [0.3, 0.4) is 0 Å². The normalized spacial score (nSPS) is 13.2. The quantitative estimate of drug-likeness (QED) is 0.773. The summed E-state index contributed by atoms with van der Waals surface area (Å²) in [6.45, 7) is 0.700. The van der Waals surface area contributed by atoms with Crippen LogP contribution in [0.5, 0.6) is 17.4 Å². The number of carbonyl (C=O) groups excluding carboxylic acids is 1. The summed E-state index contributed by atoms with van der Waals surface area (Å²) in [4.78, 5) is 18.4.